The normalized spacial score (nSPS) is 13.0. The van der Waals surface area contributed by atoms with Gasteiger partial charge in [-0.1, -0.05) is 48.5 Å². The Kier molecular flexibility index (Phi) is 20.9. The van der Waals surface area contributed by atoms with Crippen molar-refractivity contribution in [3.8, 4) is 22.3 Å². The molecule has 0 amide bonds. The molecule has 0 spiro atoms. The molecule has 6 rings (SSSR count). The summed E-state index contributed by atoms with van der Waals surface area (Å²) in [6.07, 6.45) is -46.5. The lowest BCUT2D eigenvalue weighted by Gasteiger charge is -2.16. The van der Waals surface area contributed by atoms with Crippen LogP contribution in [-0.4, -0.2) is 70.7 Å². The second-order valence-corrected chi connectivity index (χ2v) is 16.3. The van der Waals surface area contributed by atoms with Crippen LogP contribution in [0.1, 0.15) is 0 Å². The standard InChI is InChI=1S/2C12H8I.3C3H2F6O.2ClH/c2*1-3-7-11-9(5-1)10-6-2-4-8-12(10)13-11;3*4-2(5,6)1(10)3(7,8)9;;/h2*1-8H;3*1,10H;2*1H/q2*+1;;;;;/p-2. The minimum Gasteiger partial charge on any atom is -1.00 e. The number of aliphatic hydroxyl groups is 3. The molecule has 0 radical (unpaired) electrons. The molecule has 2 heterocycles. The first-order valence-corrected chi connectivity index (χ1v) is 18.8. The van der Waals surface area contributed by atoms with Crippen molar-refractivity contribution in [3.63, 3.8) is 0 Å². The molecule has 58 heavy (non-hydrogen) atoms. The van der Waals surface area contributed by atoms with Crippen molar-refractivity contribution >= 4 is 0 Å². The summed E-state index contributed by atoms with van der Waals surface area (Å²) in [7, 11) is 0. The van der Waals surface area contributed by atoms with E-state index in [9.17, 15) is 79.0 Å². The fourth-order valence-electron chi connectivity index (χ4n) is 3.82. The van der Waals surface area contributed by atoms with E-state index in [-0.39, 0.29) is 67.2 Å². The maximum absolute atomic E-state index is 11.0. The van der Waals surface area contributed by atoms with E-state index in [0.29, 0.717) is 0 Å². The number of benzene rings is 4. The molecular weight excluding hydrogens is 1110 g/mol. The largest absolute Gasteiger partial charge is 1.00 e. The molecule has 4 aromatic carbocycles. The maximum Gasteiger partial charge on any atom is 0.423 e. The van der Waals surface area contributed by atoms with Crippen molar-refractivity contribution in [2.45, 2.75) is 55.4 Å². The monoisotopic (exact) mass is 1130 g/mol. The van der Waals surface area contributed by atoms with Gasteiger partial charge in [-0.25, -0.2) is 0 Å². The van der Waals surface area contributed by atoms with Crippen LogP contribution in [0.4, 0.5) is 79.0 Å². The van der Waals surface area contributed by atoms with E-state index < -0.39 is 55.4 Å². The summed E-state index contributed by atoms with van der Waals surface area (Å²) in [6, 6.07) is 35.1. The fourth-order valence-corrected chi connectivity index (χ4v) is 9.67. The van der Waals surface area contributed by atoms with Gasteiger partial charge in [-0.15, -0.1) is 0 Å². The number of fused-ring (bicyclic) bond motifs is 6. The van der Waals surface area contributed by atoms with Crippen LogP contribution < -0.4 is 67.2 Å². The van der Waals surface area contributed by atoms with Gasteiger partial charge in [0.1, 0.15) is 0 Å². The van der Waals surface area contributed by atoms with E-state index in [4.69, 9.17) is 15.3 Å². The minimum absolute atomic E-state index is 0. The molecule has 2 aliphatic heterocycles. The quantitative estimate of drug-likeness (QED) is 0.122. The fraction of sp³-hybridized carbons (Fsp3) is 0.273. The van der Waals surface area contributed by atoms with Crippen LogP contribution in [0.3, 0.4) is 0 Å². The summed E-state index contributed by atoms with van der Waals surface area (Å²) in [4.78, 5) is 0. The first kappa shape index (κ1) is 55.5. The van der Waals surface area contributed by atoms with Gasteiger partial charge in [-0.2, -0.15) is 79.0 Å². The van der Waals surface area contributed by atoms with Crippen LogP contribution in [0.2, 0.25) is 0 Å². The highest BCUT2D eigenvalue weighted by Crippen LogP contribution is 2.34. The Balaban J connectivity index is 0.000000701. The highest BCUT2D eigenvalue weighted by atomic mass is 127. The second kappa shape index (κ2) is 21.9. The lowest BCUT2D eigenvalue weighted by molar-refractivity contribution is -0.590. The predicted octanol–water partition coefficient (Wildman–Crippen LogP) is -1.99. The zero-order valence-corrected chi connectivity index (χ0v) is 33.5. The van der Waals surface area contributed by atoms with E-state index in [1.807, 2.05) is 0 Å². The number of hydrogen-bond acceptors (Lipinski definition) is 3. The van der Waals surface area contributed by atoms with E-state index in [1.54, 1.807) is 14.3 Å². The van der Waals surface area contributed by atoms with E-state index >= 15 is 0 Å². The highest BCUT2D eigenvalue weighted by Gasteiger charge is 2.57. The van der Waals surface area contributed by atoms with Crippen LogP contribution in [-0.2, 0) is 0 Å². The number of halogens is 22. The van der Waals surface area contributed by atoms with Gasteiger partial charge in [0.05, 0.1) is 0 Å². The third kappa shape index (κ3) is 16.9. The van der Waals surface area contributed by atoms with E-state index in [2.05, 4.69) is 97.1 Å². The van der Waals surface area contributed by atoms with Crippen molar-refractivity contribution in [1.29, 1.82) is 0 Å². The first-order valence-electron chi connectivity index (χ1n) is 14.5. The summed E-state index contributed by atoms with van der Waals surface area (Å²) < 4.78 is 204. The summed E-state index contributed by atoms with van der Waals surface area (Å²) >= 11 is 0.206. The molecule has 0 aromatic heterocycles. The molecule has 326 valence electrons. The smallest absolute Gasteiger partial charge is 0.423 e. The third-order valence-corrected chi connectivity index (χ3v) is 12.4. The lowest BCUT2D eigenvalue weighted by atomic mass is 10.1. The third-order valence-electron chi connectivity index (χ3n) is 6.34. The van der Waals surface area contributed by atoms with Crippen molar-refractivity contribution in [2.24, 2.45) is 0 Å². The Morgan fingerprint density at radius 3 is 0.552 bits per heavy atom. The Labute approximate surface area is 348 Å². The van der Waals surface area contributed by atoms with Crippen LogP contribution in [0.15, 0.2) is 97.1 Å². The summed E-state index contributed by atoms with van der Waals surface area (Å²) in [5.41, 5.74) is 5.86. The molecule has 0 unspecified atom stereocenters. The van der Waals surface area contributed by atoms with Gasteiger partial charge in [0, 0.05) is 22.3 Å². The minimum atomic E-state index is -5.63. The Morgan fingerprint density at radius 2 is 0.431 bits per heavy atom. The molecule has 3 N–H and O–H groups in total. The maximum atomic E-state index is 11.0. The van der Waals surface area contributed by atoms with Gasteiger partial charge in [0.25, 0.3) is 0 Å². The molecule has 25 heteroatoms. The molecule has 3 nitrogen and oxygen atoms in total. The molecule has 0 saturated carbocycles. The Morgan fingerprint density at radius 1 is 0.293 bits per heavy atom. The van der Waals surface area contributed by atoms with Crippen molar-refractivity contribution < 1.29 is 162 Å². The van der Waals surface area contributed by atoms with E-state index in [0.717, 1.165) is 0 Å². The van der Waals surface area contributed by atoms with Gasteiger partial charge < -0.3 is 40.1 Å². The molecule has 0 fully saturated rings. The SMILES string of the molecule is OC(C(F)(F)F)C(F)(F)F.OC(C(F)(F)F)C(F)(F)F.OC(C(F)(F)F)C(F)(F)F.[Cl-].[Cl-].c1ccc2c(c1)[I+]c1ccccc1-2.c1ccc2c(c1)[I+]c1ccccc1-2. The van der Waals surface area contributed by atoms with Gasteiger partial charge in [-0.3, -0.25) is 0 Å². The van der Waals surface area contributed by atoms with Gasteiger partial charge in [0.2, 0.25) is 32.6 Å². The Hall–Kier alpha value is -2.46. The second-order valence-electron chi connectivity index (χ2n) is 10.6. The van der Waals surface area contributed by atoms with Crippen molar-refractivity contribution in [1.82, 2.24) is 0 Å². The Bertz CT molecular complexity index is 1570. The van der Waals surface area contributed by atoms with Gasteiger partial charge in [0.15, 0.2) is 0 Å². The number of alkyl halides is 18. The zero-order valence-electron chi connectivity index (χ0n) is 27.6. The predicted molar refractivity (Wildman–Crippen MR) is 153 cm³/mol. The van der Waals surface area contributed by atoms with Crippen LogP contribution in [0.5, 0.6) is 0 Å². The molecule has 0 aliphatic carbocycles. The molecular formula is C33H22Cl2F18I2O3. The zero-order chi connectivity index (χ0) is 43.1. The molecule has 0 bridgehead atoms. The van der Waals surface area contributed by atoms with Crippen LogP contribution in [0.25, 0.3) is 22.3 Å². The number of hydrogen-bond donors (Lipinski definition) is 3. The average Bonchev–Trinajstić information content (AvgIpc) is 3.65. The van der Waals surface area contributed by atoms with Crippen LogP contribution in [0, 0.1) is 14.3 Å². The molecule has 0 atom stereocenters. The van der Waals surface area contributed by atoms with Gasteiger partial charge in [-0.05, 0) is 48.5 Å². The molecule has 0 saturated heterocycles. The molecule has 2 aliphatic rings. The number of rotatable bonds is 0. The molecule has 4 aromatic rings. The van der Waals surface area contributed by atoms with E-state index in [1.165, 1.54) is 22.3 Å². The lowest BCUT2D eigenvalue weighted by Crippen LogP contribution is -3.61. The van der Waals surface area contributed by atoms with Crippen molar-refractivity contribution in [3.05, 3.63) is 111 Å². The van der Waals surface area contributed by atoms with Crippen molar-refractivity contribution in [2.75, 3.05) is 0 Å². The highest BCUT2D eigenvalue weighted by molar-refractivity contribution is 5.65. The van der Waals surface area contributed by atoms with Crippen LogP contribution >= 0.6 is 0 Å². The number of aliphatic hydroxyl groups excluding tert-OH is 3. The topological polar surface area (TPSA) is 60.7 Å². The first-order chi connectivity index (χ1) is 25.4. The average molecular weight is 1130 g/mol. The van der Waals surface area contributed by atoms with Gasteiger partial charge >= 0.3 is 79.5 Å². The summed E-state index contributed by atoms with van der Waals surface area (Å²) in [6.45, 7) is 0. The summed E-state index contributed by atoms with van der Waals surface area (Å²) in [5, 5.41) is 22.4. The summed E-state index contributed by atoms with van der Waals surface area (Å²) in [5.74, 6) is 0.